The molecule has 28 heavy (non-hydrogen) atoms. The van der Waals surface area contributed by atoms with Crippen molar-refractivity contribution in [2.45, 2.75) is 58.3 Å². The number of benzene rings is 1. The summed E-state index contributed by atoms with van der Waals surface area (Å²) in [6.45, 7) is 12.3. The van der Waals surface area contributed by atoms with Gasteiger partial charge in [-0.15, -0.1) is 11.5 Å². The van der Waals surface area contributed by atoms with E-state index in [-0.39, 0.29) is 17.4 Å². The van der Waals surface area contributed by atoms with Crippen molar-refractivity contribution in [3.8, 4) is 11.5 Å². The highest BCUT2D eigenvalue weighted by Crippen LogP contribution is 2.35. The topological polar surface area (TPSA) is 84.5 Å². The maximum absolute atomic E-state index is 12.5. The number of nitrogens with one attached hydrogen (secondary N) is 2. The quantitative estimate of drug-likeness (QED) is 0.449. The van der Waals surface area contributed by atoms with Crippen LogP contribution < -0.4 is 10.6 Å². The molecule has 0 heterocycles. The predicted octanol–water partition coefficient (Wildman–Crippen LogP) is 3.36. The highest BCUT2D eigenvalue weighted by molar-refractivity contribution is 6.87. The Labute approximate surface area is 168 Å². The predicted molar refractivity (Wildman–Crippen MR) is 114 cm³/mol. The molecule has 0 unspecified atom stereocenters. The van der Waals surface area contributed by atoms with Crippen LogP contribution in [0, 0.1) is 11.5 Å². The normalized spacial score (nSPS) is 12.2. The zero-order valence-electron chi connectivity index (χ0n) is 17.7. The Hall–Kier alpha value is -2.59. The summed E-state index contributed by atoms with van der Waals surface area (Å²) in [7, 11) is -0.518. The van der Waals surface area contributed by atoms with Gasteiger partial charge in [0.15, 0.2) is 0 Å². The number of esters is 1. The van der Waals surface area contributed by atoms with Gasteiger partial charge in [0.25, 0.3) is 5.91 Å². The van der Waals surface area contributed by atoms with Crippen LogP contribution in [0.25, 0.3) is 0 Å². The van der Waals surface area contributed by atoms with Gasteiger partial charge in [0, 0.05) is 24.6 Å². The standard InChI is InChI=1S/C21H30N2O4Si/c1-15(24)22-17-12-10-16(11-13-17)19(25)23-18(20(26)27-5)9-8-14-28(6,7)21(2,3)4/h10-13,18H,9H2,1-7H3,(H,22,24)(H,23,25)/t18-/m0/s1. The molecule has 6 nitrogen and oxygen atoms in total. The molecule has 0 saturated heterocycles. The highest BCUT2D eigenvalue weighted by atomic mass is 28.3. The van der Waals surface area contributed by atoms with E-state index in [1.54, 1.807) is 24.3 Å². The smallest absolute Gasteiger partial charge is 0.329 e. The molecule has 7 heteroatoms. The van der Waals surface area contributed by atoms with Crippen LogP contribution in [0.15, 0.2) is 24.3 Å². The average Bonchev–Trinajstić information content (AvgIpc) is 2.59. The van der Waals surface area contributed by atoms with Gasteiger partial charge in [-0.1, -0.05) is 33.9 Å². The number of methoxy groups -OCH3 is 1. The minimum absolute atomic E-state index is 0.111. The van der Waals surface area contributed by atoms with Gasteiger partial charge < -0.3 is 15.4 Å². The Morgan fingerprint density at radius 3 is 2.18 bits per heavy atom. The molecule has 1 rings (SSSR count). The molecule has 0 aromatic heterocycles. The van der Waals surface area contributed by atoms with Gasteiger partial charge in [0.1, 0.15) is 14.1 Å². The second-order valence-electron chi connectivity index (χ2n) is 8.19. The number of carbonyl (C=O) groups excluding carboxylic acids is 3. The van der Waals surface area contributed by atoms with Gasteiger partial charge >= 0.3 is 5.97 Å². The lowest BCUT2D eigenvalue weighted by molar-refractivity contribution is -0.142. The van der Waals surface area contributed by atoms with E-state index in [0.29, 0.717) is 11.3 Å². The van der Waals surface area contributed by atoms with Crippen molar-refractivity contribution in [3.63, 3.8) is 0 Å². The van der Waals surface area contributed by atoms with E-state index in [4.69, 9.17) is 4.74 Å². The van der Waals surface area contributed by atoms with Crippen molar-refractivity contribution in [2.24, 2.45) is 0 Å². The van der Waals surface area contributed by atoms with Crippen molar-refractivity contribution in [1.29, 1.82) is 0 Å². The Balaban J connectivity index is 2.88. The monoisotopic (exact) mass is 402 g/mol. The van der Waals surface area contributed by atoms with E-state index in [1.807, 2.05) is 0 Å². The highest BCUT2D eigenvalue weighted by Gasteiger charge is 2.33. The molecule has 0 aliphatic heterocycles. The lowest BCUT2D eigenvalue weighted by atomic mass is 10.1. The second-order valence-corrected chi connectivity index (χ2v) is 13.2. The van der Waals surface area contributed by atoms with Crippen LogP contribution in [0.2, 0.25) is 18.1 Å². The van der Waals surface area contributed by atoms with E-state index in [0.717, 1.165) is 0 Å². The molecule has 0 fully saturated rings. The molecule has 1 atom stereocenters. The molecular formula is C21H30N2O4Si. The third kappa shape index (κ3) is 6.85. The van der Waals surface area contributed by atoms with Crippen LogP contribution in [-0.2, 0) is 14.3 Å². The molecule has 1 aromatic rings. The van der Waals surface area contributed by atoms with Crippen LogP contribution in [0.1, 0.15) is 44.5 Å². The lowest BCUT2D eigenvalue weighted by Gasteiger charge is -2.31. The molecule has 0 saturated carbocycles. The first kappa shape index (κ1) is 23.4. The summed E-state index contributed by atoms with van der Waals surface area (Å²) < 4.78 is 4.80. The van der Waals surface area contributed by atoms with Gasteiger partial charge in [0.2, 0.25) is 5.91 Å². The molecule has 0 spiro atoms. The molecule has 2 amide bonds. The minimum Gasteiger partial charge on any atom is -0.467 e. The molecule has 0 aliphatic rings. The average molecular weight is 403 g/mol. The largest absolute Gasteiger partial charge is 0.467 e. The molecule has 0 aliphatic carbocycles. The van der Waals surface area contributed by atoms with E-state index in [1.165, 1.54) is 14.0 Å². The van der Waals surface area contributed by atoms with E-state index in [2.05, 4.69) is 56.0 Å². The lowest BCUT2D eigenvalue weighted by Crippen LogP contribution is -2.41. The van der Waals surface area contributed by atoms with Crippen LogP contribution in [0.5, 0.6) is 0 Å². The summed E-state index contributed by atoms with van der Waals surface area (Å²) in [6.07, 6.45) is 0.189. The fourth-order valence-corrected chi connectivity index (χ4v) is 2.97. The van der Waals surface area contributed by atoms with Crippen LogP contribution >= 0.6 is 0 Å². The zero-order chi connectivity index (χ0) is 21.5. The number of hydrogen-bond acceptors (Lipinski definition) is 4. The zero-order valence-corrected chi connectivity index (χ0v) is 18.7. The third-order valence-corrected chi connectivity index (χ3v) is 9.39. The van der Waals surface area contributed by atoms with Gasteiger partial charge in [-0.3, -0.25) is 9.59 Å². The maximum atomic E-state index is 12.5. The summed E-state index contributed by atoms with van der Waals surface area (Å²) >= 11 is 0. The summed E-state index contributed by atoms with van der Waals surface area (Å²) in [4.78, 5) is 35.6. The molecule has 1 aromatic carbocycles. The Kier molecular flexibility index (Phi) is 8.00. The number of amides is 2. The van der Waals surface area contributed by atoms with Gasteiger partial charge in [-0.25, -0.2) is 4.79 Å². The fourth-order valence-electron chi connectivity index (χ4n) is 2.05. The van der Waals surface area contributed by atoms with E-state index >= 15 is 0 Å². The molecular weight excluding hydrogens is 372 g/mol. The van der Waals surface area contributed by atoms with Gasteiger partial charge in [0.05, 0.1) is 7.11 Å². The van der Waals surface area contributed by atoms with Crippen LogP contribution in [-0.4, -0.2) is 39.0 Å². The van der Waals surface area contributed by atoms with Crippen molar-refractivity contribution >= 4 is 31.5 Å². The maximum Gasteiger partial charge on any atom is 0.329 e. The SMILES string of the molecule is COC(=O)[C@H](CC#C[Si](C)(C)C(C)(C)C)NC(=O)c1ccc(NC(C)=O)cc1. The molecule has 152 valence electrons. The van der Waals surface area contributed by atoms with Crippen LogP contribution in [0.3, 0.4) is 0 Å². The number of anilines is 1. The van der Waals surface area contributed by atoms with Crippen molar-refractivity contribution in [2.75, 3.05) is 12.4 Å². The number of hydrogen-bond donors (Lipinski definition) is 2. The summed E-state index contributed by atoms with van der Waals surface area (Å²) in [5.74, 6) is 1.95. The first-order chi connectivity index (χ1) is 12.9. The summed E-state index contributed by atoms with van der Waals surface area (Å²) in [6, 6.07) is 5.57. The second kappa shape index (κ2) is 9.56. The third-order valence-electron chi connectivity index (χ3n) is 4.84. The van der Waals surface area contributed by atoms with Crippen molar-refractivity contribution in [3.05, 3.63) is 29.8 Å². The molecule has 0 radical (unpaired) electrons. The van der Waals surface area contributed by atoms with E-state index < -0.39 is 26.0 Å². The Morgan fingerprint density at radius 2 is 1.71 bits per heavy atom. The van der Waals surface area contributed by atoms with Crippen molar-refractivity contribution in [1.82, 2.24) is 5.32 Å². The summed E-state index contributed by atoms with van der Waals surface area (Å²) in [5.41, 5.74) is 4.30. The van der Waals surface area contributed by atoms with Crippen molar-refractivity contribution < 1.29 is 19.1 Å². The number of ether oxygens (including phenoxy) is 1. The first-order valence-corrected chi connectivity index (χ1v) is 12.1. The Bertz CT molecular complexity index is 783. The summed E-state index contributed by atoms with van der Waals surface area (Å²) in [5, 5.41) is 5.43. The minimum atomic E-state index is -1.80. The number of carbonyl (C=O) groups is 3. The molecule has 0 bridgehead atoms. The number of rotatable bonds is 5. The fraction of sp³-hybridized carbons (Fsp3) is 0.476. The van der Waals surface area contributed by atoms with Gasteiger partial charge in [-0.2, -0.15) is 0 Å². The first-order valence-electron chi connectivity index (χ1n) is 9.14. The van der Waals surface area contributed by atoms with Crippen LogP contribution in [0.4, 0.5) is 5.69 Å². The van der Waals surface area contributed by atoms with E-state index in [9.17, 15) is 14.4 Å². The van der Waals surface area contributed by atoms with Gasteiger partial charge in [-0.05, 0) is 29.3 Å². The Morgan fingerprint density at radius 1 is 1.14 bits per heavy atom. The molecule has 2 N–H and O–H groups in total.